The van der Waals surface area contributed by atoms with Gasteiger partial charge in [0.2, 0.25) is 0 Å². The predicted octanol–water partition coefficient (Wildman–Crippen LogP) is 1.16. The number of nitrogens with zero attached hydrogens (tertiary/aromatic N) is 1. The van der Waals surface area contributed by atoms with Crippen LogP contribution in [0.5, 0.6) is 0 Å². The lowest BCUT2D eigenvalue weighted by Gasteiger charge is -2.23. The Morgan fingerprint density at radius 3 is 3.15 bits per heavy atom. The second-order valence-electron chi connectivity index (χ2n) is 3.01. The molecule has 1 aliphatic carbocycles. The van der Waals surface area contributed by atoms with Gasteiger partial charge in [-0.1, -0.05) is 12.2 Å². The maximum Gasteiger partial charge on any atom is 0.111 e. The summed E-state index contributed by atoms with van der Waals surface area (Å²) < 4.78 is 5.10. The minimum absolute atomic E-state index is 0.253. The highest BCUT2D eigenvalue weighted by atomic mass is 16.5. The van der Waals surface area contributed by atoms with Crippen molar-refractivity contribution in [2.75, 3.05) is 7.11 Å². The summed E-state index contributed by atoms with van der Waals surface area (Å²) in [4.78, 5) is 3.97. The third-order valence-electron chi connectivity index (χ3n) is 2.25. The number of ether oxygens (including phenoxy) is 1. The molecule has 1 aliphatic rings. The highest BCUT2D eigenvalue weighted by Crippen LogP contribution is 2.28. The van der Waals surface area contributed by atoms with Crippen molar-refractivity contribution in [2.45, 2.75) is 12.2 Å². The number of hydrogen-bond acceptors (Lipinski definition) is 3. The Kier molecular flexibility index (Phi) is 2.12. The van der Waals surface area contributed by atoms with Gasteiger partial charge in [0.15, 0.2) is 0 Å². The van der Waals surface area contributed by atoms with Crippen molar-refractivity contribution in [1.82, 2.24) is 4.98 Å². The zero-order valence-electron chi connectivity index (χ0n) is 7.34. The molecule has 0 saturated carbocycles. The molecule has 2 atom stereocenters. The Hall–Kier alpha value is -1.19. The van der Waals surface area contributed by atoms with Gasteiger partial charge in [0.25, 0.3) is 0 Å². The van der Waals surface area contributed by atoms with E-state index in [-0.39, 0.29) is 6.10 Å². The van der Waals surface area contributed by atoms with Crippen LogP contribution in [-0.2, 0) is 4.74 Å². The van der Waals surface area contributed by atoms with E-state index in [9.17, 15) is 5.11 Å². The molecule has 0 aromatic carbocycles. The maximum atomic E-state index is 9.80. The average molecular weight is 177 g/mol. The van der Waals surface area contributed by atoms with Gasteiger partial charge in [-0.25, -0.2) is 0 Å². The Morgan fingerprint density at radius 2 is 2.38 bits per heavy atom. The lowest BCUT2D eigenvalue weighted by molar-refractivity contribution is 0.0148. The van der Waals surface area contributed by atoms with Crippen molar-refractivity contribution < 1.29 is 9.84 Å². The molecule has 0 saturated heterocycles. The van der Waals surface area contributed by atoms with E-state index in [1.54, 1.807) is 19.5 Å². The summed E-state index contributed by atoms with van der Waals surface area (Å²) in [7, 11) is 1.58. The quantitative estimate of drug-likeness (QED) is 0.699. The molecule has 0 radical (unpaired) electrons. The molecule has 13 heavy (non-hydrogen) atoms. The number of pyridine rings is 1. The van der Waals surface area contributed by atoms with Gasteiger partial charge in [0.1, 0.15) is 12.2 Å². The Morgan fingerprint density at radius 1 is 1.54 bits per heavy atom. The van der Waals surface area contributed by atoms with Crippen LogP contribution in [0.4, 0.5) is 0 Å². The van der Waals surface area contributed by atoms with E-state index in [1.165, 1.54) is 0 Å². The van der Waals surface area contributed by atoms with Crippen molar-refractivity contribution in [3.05, 3.63) is 35.7 Å². The van der Waals surface area contributed by atoms with Crippen LogP contribution in [0.3, 0.4) is 0 Å². The molecule has 0 aliphatic heterocycles. The van der Waals surface area contributed by atoms with E-state index in [0.717, 1.165) is 11.1 Å². The third kappa shape index (κ3) is 1.36. The Labute approximate surface area is 76.7 Å². The van der Waals surface area contributed by atoms with Gasteiger partial charge in [-0.3, -0.25) is 4.98 Å². The minimum Gasteiger partial charge on any atom is -0.385 e. The molecular formula is C10H11NO2. The number of aliphatic hydroxyl groups is 1. The van der Waals surface area contributed by atoms with Crippen LogP contribution in [0.25, 0.3) is 6.08 Å². The summed E-state index contributed by atoms with van der Waals surface area (Å²) in [5.74, 6) is 0. The normalized spacial score (nSPS) is 25.7. The van der Waals surface area contributed by atoms with Crippen LogP contribution < -0.4 is 0 Å². The van der Waals surface area contributed by atoms with Crippen molar-refractivity contribution in [2.24, 2.45) is 0 Å². The first kappa shape index (κ1) is 8.41. The van der Waals surface area contributed by atoms with Gasteiger partial charge < -0.3 is 9.84 Å². The lowest BCUT2D eigenvalue weighted by Crippen LogP contribution is -2.21. The monoisotopic (exact) mass is 177 g/mol. The summed E-state index contributed by atoms with van der Waals surface area (Å²) in [6.07, 6.45) is 6.33. The second kappa shape index (κ2) is 3.28. The summed E-state index contributed by atoms with van der Waals surface area (Å²) in [5.41, 5.74) is 1.84. The summed E-state index contributed by atoms with van der Waals surface area (Å²) in [5, 5.41) is 9.80. The van der Waals surface area contributed by atoms with Crippen LogP contribution in [-0.4, -0.2) is 23.3 Å². The van der Waals surface area contributed by atoms with E-state index in [0.29, 0.717) is 0 Å². The number of fused-ring (bicyclic) bond motifs is 1. The molecule has 1 N–H and O–H groups in total. The summed E-state index contributed by atoms with van der Waals surface area (Å²) in [6, 6.07) is 1.88. The molecule has 0 amide bonds. The minimum atomic E-state index is -0.598. The second-order valence-corrected chi connectivity index (χ2v) is 3.01. The highest BCUT2D eigenvalue weighted by Gasteiger charge is 2.23. The average Bonchev–Trinajstić information content (AvgIpc) is 2.19. The van der Waals surface area contributed by atoms with Crippen molar-refractivity contribution in [3.63, 3.8) is 0 Å². The molecule has 68 valence electrons. The van der Waals surface area contributed by atoms with E-state index < -0.39 is 6.10 Å². The predicted molar refractivity (Wildman–Crippen MR) is 49.0 cm³/mol. The number of hydrogen-bond donors (Lipinski definition) is 1. The molecule has 0 fully saturated rings. The van der Waals surface area contributed by atoms with Crippen molar-refractivity contribution >= 4 is 6.08 Å². The number of rotatable bonds is 1. The fourth-order valence-electron chi connectivity index (χ4n) is 1.50. The van der Waals surface area contributed by atoms with Gasteiger partial charge in [0, 0.05) is 25.1 Å². The van der Waals surface area contributed by atoms with Crippen LogP contribution in [0.1, 0.15) is 17.2 Å². The van der Waals surface area contributed by atoms with Gasteiger partial charge >= 0.3 is 0 Å². The van der Waals surface area contributed by atoms with E-state index in [4.69, 9.17) is 4.74 Å². The van der Waals surface area contributed by atoms with E-state index >= 15 is 0 Å². The molecule has 3 heteroatoms. The third-order valence-corrected chi connectivity index (χ3v) is 2.25. The number of aliphatic hydroxyl groups excluding tert-OH is 1. The first-order valence-electron chi connectivity index (χ1n) is 4.16. The molecule has 1 heterocycles. The van der Waals surface area contributed by atoms with Crippen LogP contribution >= 0.6 is 0 Å². The smallest absolute Gasteiger partial charge is 0.111 e. The molecule has 0 bridgehead atoms. The van der Waals surface area contributed by atoms with Gasteiger partial charge in [-0.2, -0.15) is 0 Å². The molecular weight excluding hydrogens is 166 g/mol. The molecule has 1 aromatic heterocycles. The van der Waals surface area contributed by atoms with Crippen molar-refractivity contribution in [3.8, 4) is 0 Å². The van der Waals surface area contributed by atoms with Crippen LogP contribution in [0.2, 0.25) is 0 Å². The standard InChI is InChI=1S/C10H11NO2/c1-13-9-3-2-7-4-5-11-6-8(7)10(9)12/h2-6,9-10,12H,1H3/t9-,10-/m0/s1. The molecule has 2 rings (SSSR count). The summed E-state index contributed by atoms with van der Waals surface area (Å²) >= 11 is 0. The van der Waals surface area contributed by atoms with Crippen molar-refractivity contribution in [1.29, 1.82) is 0 Å². The Balaban J connectivity index is 2.42. The number of methoxy groups -OCH3 is 1. The van der Waals surface area contributed by atoms with E-state index in [2.05, 4.69) is 4.98 Å². The zero-order valence-corrected chi connectivity index (χ0v) is 7.34. The molecule has 3 nitrogen and oxygen atoms in total. The SMILES string of the molecule is CO[C@H]1C=Cc2ccncc2[C@@H]1O. The van der Waals surface area contributed by atoms with Gasteiger partial charge in [0.05, 0.1) is 0 Å². The molecule has 1 aromatic rings. The fourth-order valence-corrected chi connectivity index (χ4v) is 1.50. The fraction of sp³-hybridized carbons (Fsp3) is 0.300. The highest BCUT2D eigenvalue weighted by molar-refractivity contribution is 5.57. The van der Waals surface area contributed by atoms with Crippen LogP contribution in [0.15, 0.2) is 24.5 Å². The lowest BCUT2D eigenvalue weighted by atomic mass is 9.95. The molecule has 0 unspecified atom stereocenters. The Bertz CT molecular complexity index is 335. The first-order valence-corrected chi connectivity index (χ1v) is 4.16. The summed E-state index contributed by atoms with van der Waals surface area (Å²) in [6.45, 7) is 0. The van der Waals surface area contributed by atoms with Gasteiger partial charge in [-0.05, 0) is 11.6 Å². The largest absolute Gasteiger partial charge is 0.385 e. The van der Waals surface area contributed by atoms with Gasteiger partial charge in [-0.15, -0.1) is 0 Å². The molecule has 0 spiro atoms. The van der Waals surface area contributed by atoms with Crippen LogP contribution in [0, 0.1) is 0 Å². The topological polar surface area (TPSA) is 42.4 Å². The van der Waals surface area contributed by atoms with E-state index in [1.807, 2.05) is 18.2 Å². The zero-order chi connectivity index (χ0) is 9.26. The maximum absolute atomic E-state index is 9.80. The first-order chi connectivity index (χ1) is 6.33. The number of aromatic nitrogens is 1.